The smallest absolute Gasteiger partial charge is 0.195 e. The number of phenols is 1. The number of hydrogen-bond donors (Lipinski definition) is 1. The van der Waals surface area contributed by atoms with Crippen molar-refractivity contribution in [3.05, 3.63) is 89.0 Å². The Labute approximate surface area is 214 Å². The van der Waals surface area contributed by atoms with Crippen LogP contribution in [0, 0.1) is 27.7 Å². The average molecular weight is 498 g/mol. The molecule has 0 aliphatic carbocycles. The van der Waals surface area contributed by atoms with Crippen LogP contribution in [-0.2, 0) is 7.05 Å². The first-order valence-electron chi connectivity index (χ1n) is 11.4. The predicted molar refractivity (Wildman–Crippen MR) is 146 cm³/mol. The first kappa shape index (κ1) is 23.5. The van der Waals surface area contributed by atoms with Crippen molar-refractivity contribution >= 4 is 34.6 Å². The van der Waals surface area contributed by atoms with E-state index in [0.29, 0.717) is 0 Å². The number of rotatable bonds is 5. The van der Waals surface area contributed by atoms with Crippen LogP contribution in [0.2, 0.25) is 0 Å². The van der Waals surface area contributed by atoms with Crippen LogP contribution in [0.25, 0.3) is 22.3 Å². The lowest BCUT2D eigenvalue weighted by Gasteiger charge is -2.09. The maximum absolute atomic E-state index is 9.75. The van der Waals surface area contributed by atoms with Crippen molar-refractivity contribution in [1.82, 2.24) is 14.5 Å². The highest BCUT2D eigenvalue weighted by Crippen LogP contribution is 2.38. The molecule has 5 aromatic rings. The van der Waals surface area contributed by atoms with Crippen molar-refractivity contribution in [2.45, 2.75) is 47.7 Å². The van der Waals surface area contributed by atoms with Crippen LogP contribution in [0.15, 0.2) is 86.7 Å². The summed E-state index contributed by atoms with van der Waals surface area (Å²) in [5, 5.41) is 12.4. The molecule has 5 rings (SSSR count). The van der Waals surface area contributed by atoms with Gasteiger partial charge in [0.05, 0.1) is 11.1 Å². The molecule has 2 aromatic heterocycles. The first-order chi connectivity index (χ1) is 16.7. The highest BCUT2D eigenvalue weighted by atomic mass is 32.2. The zero-order chi connectivity index (χ0) is 24.7. The summed E-state index contributed by atoms with van der Waals surface area (Å²) in [6.07, 6.45) is 0. The lowest BCUT2D eigenvalue weighted by molar-refractivity contribution is 0.475. The Hall–Kier alpha value is -3.22. The molecule has 0 radical (unpaired) electrons. The topological polar surface area (TPSA) is 50.9 Å². The van der Waals surface area contributed by atoms with Gasteiger partial charge < -0.3 is 9.67 Å². The second-order valence-corrected chi connectivity index (χ2v) is 11.1. The Morgan fingerprint density at radius 1 is 0.686 bits per heavy atom. The van der Waals surface area contributed by atoms with Crippen molar-refractivity contribution in [3.8, 4) is 17.0 Å². The highest BCUT2D eigenvalue weighted by molar-refractivity contribution is 8.00. The van der Waals surface area contributed by atoms with Gasteiger partial charge in [0.2, 0.25) is 0 Å². The second kappa shape index (κ2) is 9.44. The fourth-order valence-electron chi connectivity index (χ4n) is 4.38. The summed E-state index contributed by atoms with van der Waals surface area (Å²) >= 11 is 3.27. The number of nitrogens with zero attached hydrogens (tertiary/aromatic N) is 3. The molecule has 0 spiro atoms. The molecule has 0 aliphatic heterocycles. The minimum absolute atomic E-state index is 0.255. The standard InChI is InChI=1S/C29H27N3OS2/c1-17-10-18(2)13-23(12-17)34-28-25-16-26(21-6-8-22(33)9-7-21)32(5)27(25)30-29(31-28)35-24-14-19(3)11-20(4)15-24/h6-16,33H,1-5H3. The molecule has 0 bridgehead atoms. The average Bonchev–Trinajstić information content (AvgIpc) is 3.10. The summed E-state index contributed by atoms with van der Waals surface area (Å²) < 4.78 is 2.11. The van der Waals surface area contributed by atoms with Crippen LogP contribution in [0.3, 0.4) is 0 Å². The molecule has 0 fully saturated rings. The summed E-state index contributed by atoms with van der Waals surface area (Å²) in [6.45, 7) is 8.48. The van der Waals surface area contributed by atoms with Crippen LogP contribution in [0.5, 0.6) is 5.75 Å². The molecule has 1 N–H and O–H groups in total. The minimum Gasteiger partial charge on any atom is -0.508 e. The van der Waals surface area contributed by atoms with E-state index < -0.39 is 0 Å². The van der Waals surface area contributed by atoms with Gasteiger partial charge in [-0.2, -0.15) is 0 Å². The summed E-state index contributed by atoms with van der Waals surface area (Å²) in [4.78, 5) is 12.3. The summed E-state index contributed by atoms with van der Waals surface area (Å²) in [6, 6.07) is 22.6. The number of benzene rings is 3. The molecule has 6 heteroatoms. The van der Waals surface area contributed by atoms with E-state index in [2.05, 4.69) is 74.7 Å². The lowest BCUT2D eigenvalue weighted by atomic mass is 10.1. The molecule has 2 heterocycles. The Morgan fingerprint density at radius 3 is 1.80 bits per heavy atom. The van der Waals surface area contributed by atoms with Crippen molar-refractivity contribution in [1.29, 1.82) is 0 Å². The number of aromatic nitrogens is 3. The van der Waals surface area contributed by atoms with Gasteiger partial charge in [-0.3, -0.25) is 0 Å². The van der Waals surface area contributed by atoms with Crippen molar-refractivity contribution in [3.63, 3.8) is 0 Å². The van der Waals surface area contributed by atoms with Crippen LogP contribution >= 0.6 is 23.5 Å². The van der Waals surface area contributed by atoms with Gasteiger partial charge >= 0.3 is 0 Å². The van der Waals surface area contributed by atoms with E-state index in [1.165, 1.54) is 27.1 Å². The van der Waals surface area contributed by atoms with Crippen molar-refractivity contribution < 1.29 is 5.11 Å². The molecule has 0 atom stereocenters. The molecule has 176 valence electrons. The number of aromatic hydroxyl groups is 1. The first-order valence-corrected chi connectivity index (χ1v) is 13.1. The largest absolute Gasteiger partial charge is 0.508 e. The van der Waals surface area contributed by atoms with E-state index in [9.17, 15) is 5.11 Å². The molecular weight excluding hydrogens is 470 g/mol. The van der Waals surface area contributed by atoms with E-state index in [1.807, 2.05) is 19.2 Å². The van der Waals surface area contributed by atoms with Gasteiger partial charge in [-0.1, -0.05) is 23.9 Å². The molecule has 0 unspecified atom stereocenters. The van der Waals surface area contributed by atoms with E-state index in [1.54, 1.807) is 35.7 Å². The highest BCUT2D eigenvalue weighted by Gasteiger charge is 2.17. The molecule has 0 saturated carbocycles. The molecule has 35 heavy (non-hydrogen) atoms. The van der Waals surface area contributed by atoms with E-state index in [0.717, 1.165) is 37.4 Å². The second-order valence-electron chi connectivity index (χ2n) is 9.04. The lowest BCUT2D eigenvalue weighted by Crippen LogP contribution is -1.97. The fourth-order valence-corrected chi connectivity index (χ4v) is 6.51. The third-order valence-electron chi connectivity index (χ3n) is 5.81. The SMILES string of the molecule is Cc1cc(C)cc(Sc2nc(Sc3cc(C)cc(C)c3)c3cc(-c4ccc(O)cc4)n(C)c3n2)c1. The Balaban J connectivity index is 1.66. The monoisotopic (exact) mass is 497 g/mol. The molecule has 4 nitrogen and oxygen atoms in total. The summed E-state index contributed by atoms with van der Waals surface area (Å²) in [7, 11) is 2.04. The number of hydrogen-bond acceptors (Lipinski definition) is 5. The normalized spacial score (nSPS) is 11.3. The van der Waals surface area contributed by atoms with Crippen LogP contribution in [0.1, 0.15) is 22.3 Å². The van der Waals surface area contributed by atoms with Gasteiger partial charge in [-0.05, 0) is 122 Å². The van der Waals surface area contributed by atoms with Gasteiger partial charge in [0.25, 0.3) is 0 Å². The number of aryl methyl sites for hydroxylation is 5. The van der Waals surface area contributed by atoms with Crippen molar-refractivity contribution in [2.75, 3.05) is 0 Å². The summed E-state index contributed by atoms with van der Waals surface area (Å²) in [5.74, 6) is 0.255. The van der Waals surface area contributed by atoms with Crippen molar-refractivity contribution in [2.24, 2.45) is 7.05 Å². The van der Waals surface area contributed by atoms with Gasteiger partial charge in [0, 0.05) is 16.8 Å². The quantitative estimate of drug-likeness (QED) is 0.198. The molecule has 0 amide bonds. The van der Waals surface area contributed by atoms with Gasteiger partial charge in [0.1, 0.15) is 16.4 Å². The van der Waals surface area contributed by atoms with E-state index in [4.69, 9.17) is 9.97 Å². The van der Waals surface area contributed by atoms with Gasteiger partial charge in [-0.25, -0.2) is 9.97 Å². The Kier molecular flexibility index (Phi) is 6.34. The predicted octanol–water partition coefficient (Wildman–Crippen LogP) is 7.88. The van der Waals surface area contributed by atoms with E-state index in [-0.39, 0.29) is 5.75 Å². The number of fused-ring (bicyclic) bond motifs is 1. The zero-order valence-electron chi connectivity index (χ0n) is 20.5. The molecule has 3 aromatic carbocycles. The minimum atomic E-state index is 0.255. The Bertz CT molecular complexity index is 1510. The molecular formula is C29H27N3OS2. The Morgan fingerprint density at radius 2 is 1.23 bits per heavy atom. The van der Waals surface area contributed by atoms with Crippen LogP contribution in [-0.4, -0.2) is 19.6 Å². The third kappa shape index (κ3) is 5.09. The summed E-state index contributed by atoms with van der Waals surface area (Å²) in [5.41, 5.74) is 7.88. The maximum atomic E-state index is 9.75. The third-order valence-corrected chi connectivity index (χ3v) is 7.62. The van der Waals surface area contributed by atoms with Gasteiger partial charge in [0.15, 0.2) is 5.16 Å². The zero-order valence-corrected chi connectivity index (χ0v) is 22.1. The van der Waals surface area contributed by atoms with Gasteiger partial charge in [-0.15, -0.1) is 0 Å². The molecule has 0 aliphatic rings. The van der Waals surface area contributed by atoms with Crippen LogP contribution in [0.4, 0.5) is 0 Å². The van der Waals surface area contributed by atoms with E-state index >= 15 is 0 Å². The van der Waals surface area contributed by atoms with Crippen LogP contribution < -0.4 is 0 Å². The maximum Gasteiger partial charge on any atom is 0.195 e. The fraction of sp³-hybridized carbons (Fsp3) is 0.172. The molecule has 0 saturated heterocycles. The number of phenolic OH excluding ortho intramolecular Hbond substituents is 1.